The van der Waals surface area contributed by atoms with Gasteiger partial charge >= 0.3 is 0 Å². The molecule has 10 heteroatoms. The maximum atomic E-state index is 12.8. The van der Waals surface area contributed by atoms with Crippen LogP contribution in [-0.4, -0.2) is 57.0 Å². The van der Waals surface area contributed by atoms with Crippen LogP contribution in [-0.2, 0) is 0 Å². The molecule has 0 radical (unpaired) electrons. The number of furan rings is 1. The molecule has 0 spiro atoms. The number of nitrogens with two attached hydrogens (primary N) is 1. The smallest absolute Gasteiger partial charge is 0.271 e. The maximum absolute atomic E-state index is 12.8. The number of primary amides is 1. The number of nitrogens with zero attached hydrogens (tertiary/aromatic N) is 3. The third-order valence-electron chi connectivity index (χ3n) is 4.57. The maximum Gasteiger partial charge on any atom is 0.271 e. The Kier molecular flexibility index (Phi) is 4.34. The largest absolute Gasteiger partial charge is 0.463 e. The number of hydrogen-bond donors (Lipinski definition) is 4. The van der Waals surface area contributed by atoms with Crippen molar-refractivity contribution in [3.63, 3.8) is 0 Å². The van der Waals surface area contributed by atoms with Gasteiger partial charge in [-0.1, -0.05) is 0 Å². The zero-order valence-electron chi connectivity index (χ0n) is 14.3. The van der Waals surface area contributed by atoms with Gasteiger partial charge in [0, 0.05) is 25.6 Å². The van der Waals surface area contributed by atoms with Crippen molar-refractivity contribution in [2.45, 2.75) is 6.10 Å². The monoisotopic (exact) mass is 370 g/mol. The zero-order valence-corrected chi connectivity index (χ0v) is 14.3. The van der Waals surface area contributed by atoms with Crippen LogP contribution in [0, 0.1) is 5.92 Å². The van der Waals surface area contributed by atoms with Crippen molar-refractivity contribution < 1.29 is 19.1 Å². The molecule has 3 aromatic rings. The van der Waals surface area contributed by atoms with E-state index in [1.165, 1.54) is 17.0 Å². The molecule has 1 aliphatic heterocycles. The number of fused-ring (bicyclic) bond motifs is 1. The van der Waals surface area contributed by atoms with E-state index in [4.69, 9.17) is 10.2 Å². The highest BCUT2D eigenvalue weighted by Crippen LogP contribution is 2.22. The molecule has 0 bridgehead atoms. The summed E-state index contributed by atoms with van der Waals surface area (Å²) in [5.41, 5.74) is 6.11. The fraction of sp³-hybridized carbons (Fsp3) is 0.294. The molecule has 0 saturated carbocycles. The standard InChI is InChI=1S/C17H18N6O4/c18-15(25)14-16-22-10(13-2-1-3-27-13)4-11(23(16)8-21-14)17(26)20-6-9-5-19-7-12(9)24/h1-4,8-9,12,19,24H,5-7H2,(H2,18,25)(H,20,26). The van der Waals surface area contributed by atoms with E-state index in [0.29, 0.717) is 31.1 Å². The molecular formula is C17H18N6O4. The Morgan fingerprint density at radius 2 is 2.30 bits per heavy atom. The van der Waals surface area contributed by atoms with Crippen molar-refractivity contribution >= 4 is 17.5 Å². The topological polar surface area (TPSA) is 148 Å². The summed E-state index contributed by atoms with van der Waals surface area (Å²) in [6.07, 6.45) is 2.31. The van der Waals surface area contributed by atoms with Crippen LogP contribution < -0.4 is 16.4 Å². The highest BCUT2D eigenvalue weighted by Gasteiger charge is 2.26. The highest BCUT2D eigenvalue weighted by atomic mass is 16.3. The van der Waals surface area contributed by atoms with Gasteiger partial charge < -0.3 is 25.9 Å². The van der Waals surface area contributed by atoms with Crippen molar-refractivity contribution in [2.75, 3.05) is 19.6 Å². The molecule has 3 aromatic heterocycles. The van der Waals surface area contributed by atoms with Gasteiger partial charge in [-0.2, -0.15) is 0 Å². The van der Waals surface area contributed by atoms with Crippen LogP contribution in [0.5, 0.6) is 0 Å². The molecular weight excluding hydrogens is 352 g/mol. The highest BCUT2D eigenvalue weighted by molar-refractivity contribution is 5.99. The first-order valence-electron chi connectivity index (χ1n) is 8.43. The second kappa shape index (κ2) is 6.82. The summed E-state index contributed by atoms with van der Waals surface area (Å²) in [5.74, 6) is -0.755. The first-order chi connectivity index (χ1) is 13.0. The van der Waals surface area contributed by atoms with Gasteiger partial charge in [0.1, 0.15) is 17.7 Å². The Bertz CT molecular complexity index is 996. The van der Waals surface area contributed by atoms with Gasteiger partial charge in [-0.05, 0) is 18.2 Å². The predicted octanol–water partition coefficient (Wildman–Crippen LogP) is -0.602. The van der Waals surface area contributed by atoms with Gasteiger partial charge in [0.2, 0.25) is 0 Å². The molecule has 2 unspecified atom stereocenters. The van der Waals surface area contributed by atoms with E-state index in [1.54, 1.807) is 18.2 Å². The molecule has 0 aromatic carbocycles. The van der Waals surface area contributed by atoms with Gasteiger partial charge in [0.25, 0.3) is 11.8 Å². The lowest BCUT2D eigenvalue weighted by Crippen LogP contribution is -2.35. The van der Waals surface area contributed by atoms with Crippen LogP contribution >= 0.6 is 0 Å². The SMILES string of the molecule is NC(=O)c1ncn2c(C(=O)NCC3CNCC3O)cc(-c3ccco3)nc12. The minimum Gasteiger partial charge on any atom is -0.463 e. The summed E-state index contributed by atoms with van der Waals surface area (Å²) in [7, 11) is 0. The summed E-state index contributed by atoms with van der Waals surface area (Å²) in [6.45, 7) is 1.44. The van der Waals surface area contributed by atoms with Crippen molar-refractivity contribution in [3.8, 4) is 11.5 Å². The number of carbonyl (C=O) groups is 2. The number of carbonyl (C=O) groups excluding carboxylic acids is 2. The second-order valence-electron chi connectivity index (χ2n) is 6.35. The lowest BCUT2D eigenvalue weighted by molar-refractivity contribution is 0.0919. The van der Waals surface area contributed by atoms with E-state index in [9.17, 15) is 14.7 Å². The molecule has 2 amide bonds. The Morgan fingerprint density at radius 3 is 2.96 bits per heavy atom. The molecule has 140 valence electrons. The Balaban J connectivity index is 1.72. The average Bonchev–Trinajstić information content (AvgIpc) is 3.39. The molecule has 4 heterocycles. The summed E-state index contributed by atoms with van der Waals surface area (Å²) >= 11 is 0. The molecule has 1 saturated heterocycles. The number of nitrogens with one attached hydrogen (secondary N) is 2. The minimum atomic E-state index is -0.742. The van der Waals surface area contributed by atoms with E-state index in [0.717, 1.165) is 0 Å². The molecule has 1 fully saturated rings. The van der Waals surface area contributed by atoms with E-state index >= 15 is 0 Å². The van der Waals surface area contributed by atoms with Crippen molar-refractivity contribution in [3.05, 3.63) is 42.2 Å². The number of amides is 2. The number of aromatic nitrogens is 3. The Labute approximate surface area is 153 Å². The third kappa shape index (κ3) is 3.15. The fourth-order valence-electron chi connectivity index (χ4n) is 3.11. The summed E-state index contributed by atoms with van der Waals surface area (Å²) in [4.78, 5) is 32.8. The van der Waals surface area contributed by atoms with Crippen molar-refractivity contribution in [2.24, 2.45) is 11.7 Å². The van der Waals surface area contributed by atoms with Crippen LogP contribution in [0.3, 0.4) is 0 Å². The summed E-state index contributed by atoms with van der Waals surface area (Å²) in [5, 5.41) is 15.8. The number of β-amino-alcohol motifs (C(OH)–C–C–N with tert-alkyl or cyclic N) is 1. The molecule has 4 rings (SSSR count). The number of imidazole rings is 1. The molecule has 0 aliphatic carbocycles. The van der Waals surface area contributed by atoms with Gasteiger partial charge in [-0.15, -0.1) is 0 Å². The molecule has 27 heavy (non-hydrogen) atoms. The van der Waals surface area contributed by atoms with Crippen LogP contribution in [0.1, 0.15) is 21.0 Å². The summed E-state index contributed by atoms with van der Waals surface area (Å²) < 4.78 is 6.76. The summed E-state index contributed by atoms with van der Waals surface area (Å²) in [6, 6.07) is 4.94. The molecule has 2 atom stereocenters. The normalized spacial score (nSPS) is 19.4. The van der Waals surface area contributed by atoms with Crippen LogP contribution in [0.15, 0.2) is 35.2 Å². The van der Waals surface area contributed by atoms with Crippen molar-refractivity contribution in [1.29, 1.82) is 0 Å². The first-order valence-corrected chi connectivity index (χ1v) is 8.43. The number of aliphatic hydroxyl groups excluding tert-OH is 1. The van der Waals surface area contributed by atoms with Crippen LogP contribution in [0.25, 0.3) is 17.1 Å². The molecule has 5 N–H and O–H groups in total. The third-order valence-corrected chi connectivity index (χ3v) is 4.57. The van der Waals surface area contributed by atoms with E-state index < -0.39 is 12.0 Å². The van der Waals surface area contributed by atoms with Gasteiger partial charge in [0.15, 0.2) is 17.1 Å². The number of rotatable bonds is 5. The molecule has 1 aliphatic rings. The second-order valence-corrected chi connectivity index (χ2v) is 6.35. The zero-order chi connectivity index (χ0) is 19.0. The lowest BCUT2D eigenvalue weighted by atomic mass is 10.1. The number of aliphatic hydroxyl groups is 1. The van der Waals surface area contributed by atoms with Crippen molar-refractivity contribution in [1.82, 2.24) is 25.0 Å². The Hall–Kier alpha value is -3.24. The minimum absolute atomic E-state index is 0.0344. The number of hydrogen-bond acceptors (Lipinski definition) is 7. The predicted molar refractivity (Wildman–Crippen MR) is 93.9 cm³/mol. The van der Waals surface area contributed by atoms with E-state index in [-0.39, 0.29) is 28.9 Å². The van der Waals surface area contributed by atoms with Crippen LogP contribution in [0.2, 0.25) is 0 Å². The van der Waals surface area contributed by atoms with Gasteiger partial charge in [-0.25, -0.2) is 9.97 Å². The molecule has 10 nitrogen and oxygen atoms in total. The quantitative estimate of drug-likeness (QED) is 0.469. The van der Waals surface area contributed by atoms with E-state index in [2.05, 4.69) is 20.6 Å². The average molecular weight is 370 g/mol. The Morgan fingerprint density at radius 1 is 1.44 bits per heavy atom. The van der Waals surface area contributed by atoms with Gasteiger partial charge in [0.05, 0.1) is 12.4 Å². The van der Waals surface area contributed by atoms with Crippen LogP contribution in [0.4, 0.5) is 0 Å². The van der Waals surface area contributed by atoms with Gasteiger partial charge in [-0.3, -0.25) is 14.0 Å². The lowest BCUT2D eigenvalue weighted by Gasteiger charge is -2.15. The fourth-order valence-corrected chi connectivity index (χ4v) is 3.11. The first kappa shape index (κ1) is 17.2. The van der Waals surface area contributed by atoms with E-state index in [1.807, 2.05) is 0 Å².